The Bertz CT molecular complexity index is 698. The Morgan fingerprint density at radius 1 is 1.14 bits per heavy atom. The fraction of sp³-hybridized carbons (Fsp3) is 0.591. The van der Waals surface area contributed by atoms with Crippen LogP contribution >= 0.6 is 0 Å². The van der Waals surface area contributed by atoms with Crippen molar-refractivity contribution in [3.8, 4) is 0 Å². The molecule has 0 aliphatic carbocycles. The minimum absolute atomic E-state index is 0.0661. The van der Waals surface area contributed by atoms with E-state index in [9.17, 15) is 14.4 Å². The van der Waals surface area contributed by atoms with Gasteiger partial charge in [0, 0.05) is 18.7 Å². The van der Waals surface area contributed by atoms with Gasteiger partial charge in [0.05, 0.1) is 12.2 Å². The van der Waals surface area contributed by atoms with E-state index in [2.05, 4.69) is 5.32 Å². The van der Waals surface area contributed by atoms with E-state index in [4.69, 9.17) is 9.47 Å². The summed E-state index contributed by atoms with van der Waals surface area (Å²) in [6, 6.07) is 7.87. The molecule has 7 heteroatoms. The van der Waals surface area contributed by atoms with Crippen LogP contribution in [-0.2, 0) is 19.1 Å². The molecule has 1 heterocycles. The van der Waals surface area contributed by atoms with E-state index in [0.29, 0.717) is 25.1 Å². The molecule has 1 aromatic rings. The SMILES string of the molecule is CC[C@H](C)[C@@H](NC(=O)c1ccccc1)C(=O)O[C@@H](C)C(=O)N1C[C@@H](C)O[C@@H](C)C1. The molecule has 5 atom stereocenters. The van der Waals surface area contributed by atoms with Crippen LogP contribution in [0.15, 0.2) is 30.3 Å². The first-order valence-corrected chi connectivity index (χ1v) is 10.2. The van der Waals surface area contributed by atoms with Gasteiger partial charge in [-0.15, -0.1) is 0 Å². The summed E-state index contributed by atoms with van der Waals surface area (Å²) in [6.45, 7) is 10.1. The largest absolute Gasteiger partial charge is 0.451 e. The zero-order valence-electron chi connectivity index (χ0n) is 17.9. The highest BCUT2D eigenvalue weighted by molar-refractivity contribution is 5.97. The average Bonchev–Trinajstić information content (AvgIpc) is 2.70. The van der Waals surface area contributed by atoms with Crippen molar-refractivity contribution in [2.24, 2.45) is 5.92 Å². The molecule has 0 aromatic heterocycles. The lowest BCUT2D eigenvalue weighted by molar-refractivity contribution is -0.166. The van der Waals surface area contributed by atoms with Crippen molar-refractivity contribution in [1.29, 1.82) is 0 Å². The molecule has 160 valence electrons. The van der Waals surface area contributed by atoms with Crippen molar-refractivity contribution in [2.45, 2.75) is 65.4 Å². The lowest BCUT2D eigenvalue weighted by Gasteiger charge is -2.36. The van der Waals surface area contributed by atoms with Crippen molar-refractivity contribution in [3.05, 3.63) is 35.9 Å². The number of morpholine rings is 1. The summed E-state index contributed by atoms with van der Waals surface area (Å²) in [5.41, 5.74) is 0.467. The van der Waals surface area contributed by atoms with Crippen LogP contribution in [0.25, 0.3) is 0 Å². The van der Waals surface area contributed by atoms with Gasteiger partial charge in [-0.2, -0.15) is 0 Å². The Labute approximate surface area is 172 Å². The number of carbonyl (C=O) groups is 3. The number of hydrogen-bond donors (Lipinski definition) is 1. The van der Waals surface area contributed by atoms with Gasteiger partial charge in [0.1, 0.15) is 6.04 Å². The normalized spacial score (nSPS) is 22.3. The number of amides is 2. The molecule has 1 N–H and O–H groups in total. The molecule has 1 aliphatic rings. The standard InChI is InChI=1S/C22H32N2O5/c1-6-14(2)19(23-20(25)18-10-8-7-9-11-18)22(27)29-17(5)21(26)24-12-15(3)28-16(4)13-24/h7-11,14-17,19H,6,12-13H2,1-5H3,(H,23,25)/t14-,15-,16+,17-,19+/m0/s1. The first-order valence-electron chi connectivity index (χ1n) is 10.2. The van der Waals surface area contributed by atoms with Crippen LogP contribution in [-0.4, -0.2) is 60.1 Å². The molecular formula is C22H32N2O5. The first kappa shape index (κ1) is 22.9. The second kappa shape index (κ2) is 10.4. The quantitative estimate of drug-likeness (QED) is 0.706. The second-order valence-corrected chi connectivity index (χ2v) is 7.78. The zero-order chi connectivity index (χ0) is 21.6. The molecule has 2 rings (SSSR count). The van der Waals surface area contributed by atoms with Gasteiger partial charge >= 0.3 is 5.97 Å². The Morgan fingerprint density at radius 3 is 2.28 bits per heavy atom. The average molecular weight is 405 g/mol. The second-order valence-electron chi connectivity index (χ2n) is 7.78. The predicted molar refractivity (Wildman–Crippen MR) is 109 cm³/mol. The monoisotopic (exact) mass is 404 g/mol. The number of rotatable bonds is 7. The van der Waals surface area contributed by atoms with E-state index < -0.39 is 18.1 Å². The van der Waals surface area contributed by atoms with Crippen LogP contribution in [0, 0.1) is 5.92 Å². The summed E-state index contributed by atoms with van der Waals surface area (Å²) in [5, 5.41) is 2.76. The van der Waals surface area contributed by atoms with E-state index in [1.165, 1.54) is 0 Å². The first-order chi connectivity index (χ1) is 13.7. The van der Waals surface area contributed by atoms with Gasteiger partial charge in [0.15, 0.2) is 6.10 Å². The highest BCUT2D eigenvalue weighted by Crippen LogP contribution is 2.15. The number of hydrogen-bond acceptors (Lipinski definition) is 5. The summed E-state index contributed by atoms with van der Waals surface area (Å²) in [7, 11) is 0. The highest BCUT2D eigenvalue weighted by atomic mass is 16.5. The number of ether oxygens (including phenoxy) is 2. The fourth-order valence-corrected chi connectivity index (χ4v) is 3.40. The minimum atomic E-state index is -0.930. The van der Waals surface area contributed by atoms with E-state index in [0.717, 1.165) is 0 Å². The molecule has 2 amide bonds. The molecule has 1 fully saturated rings. The molecule has 0 radical (unpaired) electrons. The zero-order valence-corrected chi connectivity index (χ0v) is 17.9. The van der Waals surface area contributed by atoms with E-state index in [1.807, 2.05) is 33.8 Å². The lowest BCUT2D eigenvalue weighted by Crippen LogP contribution is -2.53. The number of nitrogens with zero attached hydrogens (tertiary/aromatic N) is 1. The van der Waals surface area contributed by atoms with Crippen LogP contribution in [0.4, 0.5) is 0 Å². The maximum atomic E-state index is 12.8. The topological polar surface area (TPSA) is 84.9 Å². The maximum Gasteiger partial charge on any atom is 0.329 e. The Balaban J connectivity index is 2.03. The van der Waals surface area contributed by atoms with Gasteiger partial charge in [-0.3, -0.25) is 9.59 Å². The molecule has 0 bridgehead atoms. The third-order valence-corrected chi connectivity index (χ3v) is 5.16. The Kier molecular flexibility index (Phi) is 8.20. The highest BCUT2D eigenvalue weighted by Gasteiger charge is 2.34. The van der Waals surface area contributed by atoms with Crippen LogP contribution in [0.2, 0.25) is 0 Å². The minimum Gasteiger partial charge on any atom is -0.451 e. The Morgan fingerprint density at radius 2 is 1.72 bits per heavy atom. The van der Waals surface area contributed by atoms with Crippen LogP contribution < -0.4 is 5.32 Å². The van der Waals surface area contributed by atoms with Gasteiger partial charge < -0.3 is 19.7 Å². The van der Waals surface area contributed by atoms with Crippen molar-refractivity contribution in [1.82, 2.24) is 10.2 Å². The van der Waals surface area contributed by atoms with Crippen LogP contribution in [0.5, 0.6) is 0 Å². The molecule has 7 nitrogen and oxygen atoms in total. The smallest absolute Gasteiger partial charge is 0.329 e. The summed E-state index contributed by atoms with van der Waals surface area (Å²) < 4.78 is 11.1. The number of nitrogens with one attached hydrogen (secondary N) is 1. The number of esters is 1. The predicted octanol–water partition coefficient (Wildman–Crippen LogP) is 2.40. The lowest BCUT2D eigenvalue weighted by atomic mass is 9.98. The molecule has 1 saturated heterocycles. The van der Waals surface area contributed by atoms with Gasteiger partial charge in [-0.05, 0) is 38.8 Å². The van der Waals surface area contributed by atoms with Crippen molar-refractivity contribution in [2.75, 3.05) is 13.1 Å². The number of carbonyl (C=O) groups excluding carboxylic acids is 3. The fourth-order valence-electron chi connectivity index (χ4n) is 3.40. The molecule has 0 spiro atoms. The maximum absolute atomic E-state index is 12.8. The summed E-state index contributed by atoms with van der Waals surface area (Å²) in [4.78, 5) is 39.7. The Hall–Kier alpha value is -2.41. The summed E-state index contributed by atoms with van der Waals surface area (Å²) in [6.07, 6.45) is -0.386. The molecule has 0 unspecified atom stereocenters. The molecule has 1 aliphatic heterocycles. The van der Waals surface area contributed by atoms with E-state index >= 15 is 0 Å². The van der Waals surface area contributed by atoms with Gasteiger partial charge in [-0.1, -0.05) is 38.5 Å². The van der Waals surface area contributed by atoms with Crippen molar-refractivity contribution < 1.29 is 23.9 Å². The molecular weight excluding hydrogens is 372 g/mol. The van der Waals surface area contributed by atoms with E-state index in [-0.39, 0.29) is 29.9 Å². The molecule has 1 aromatic carbocycles. The molecule has 29 heavy (non-hydrogen) atoms. The molecule has 0 saturated carbocycles. The van der Waals surface area contributed by atoms with Crippen molar-refractivity contribution in [3.63, 3.8) is 0 Å². The van der Waals surface area contributed by atoms with E-state index in [1.54, 1.807) is 36.1 Å². The van der Waals surface area contributed by atoms with Crippen molar-refractivity contribution >= 4 is 17.8 Å². The van der Waals surface area contributed by atoms with Gasteiger partial charge in [-0.25, -0.2) is 4.79 Å². The van der Waals surface area contributed by atoms with Crippen LogP contribution in [0.1, 0.15) is 51.4 Å². The third-order valence-electron chi connectivity index (χ3n) is 5.16. The summed E-state index contributed by atoms with van der Waals surface area (Å²) in [5.74, 6) is -1.33. The summed E-state index contributed by atoms with van der Waals surface area (Å²) >= 11 is 0. The van der Waals surface area contributed by atoms with Crippen LogP contribution in [0.3, 0.4) is 0 Å². The van der Waals surface area contributed by atoms with Gasteiger partial charge in [0.25, 0.3) is 11.8 Å². The van der Waals surface area contributed by atoms with Gasteiger partial charge in [0.2, 0.25) is 0 Å². The third kappa shape index (κ3) is 6.29. The number of benzene rings is 1.